The lowest BCUT2D eigenvalue weighted by atomic mass is 9.61. The zero-order chi connectivity index (χ0) is 33.0. The van der Waals surface area contributed by atoms with Crippen molar-refractivity contribution in [2.75, 3.05) is 4.90 Å². The van der Waals surface area contributed by atoms with Gasteiger partial charge in [-0.05, 0) is 65.1 Å². The van der Waals surface area contributed by atoms with Gasteiger partial charge in [0.25, 0.3) is 0 Å². The molecule has 2 aromatic heterocycles. The molecule has 2 unspecified atom stereocenters. The molecule has 236 valence electrons. The topological polar surface area (TPSA) is 29.0 Å². The van der Waals surface area contributed by atoms with Gasteiger partial charge in [-0.15, -0.1) is 11.3 Å². The van der Waals surface area contributed by atoms with Crippen LogP contribution in [-0.2, 0) is 5.41 Å². The highest BCUT2D eigenvalue weighted by atomic mass is 32.2. The fraction of sp³-hybridized carbons (Fsp3) is 0.0667. The number of para-hydroxylation sites is 1. The van der Waals surface area contributed by atoms with Gasteiger partial charge in [-0.1, -0.05) is 133 Å². The summed E-state index contributed by atoms with van der Waals surface area (Å²) < 4.78 is 1.22. The molecular weight excluding hydrogens is 647 g/mol. The molecule has 0 radical (unpaired) electrons. The van der Waals surface area contributed by atoms with Crippen molar-refractivity contribution in [3.8, 4) is 22.4 Å². The summed E-state index contributed by atoms with van der Waals surface area (Å²) >= 11 is 3.66. The number of anilines is 2. The van der Waals surface area contributed by atoms with Crippen molar-refractivity contribution in [3.63, 3.8) is 0 Å². The van der Waals surface area contributed by atoms with Crippen LogP contribution >= 0.6 is 23.1 Å². The summed E-state index contributed by atoms with van der Waals surface area (Å²) in [6, 6.07) is 45.8. The number of thioether (sulfide) groups is 1. The van der Waals surface area contributed by atoms with Crippen LogP contribution in [0.4, 0.5) is 11.6 Å². The number of hydrogen-bond donors (Lipinski definition) is 0. The third-order valence-electron chi connectivity index (χ3n) is 10.9. The van der Waals surface area contributed by atoms with Crippen LogP contribution in [0.2, 0.25) is 0 Å². The van der Waals surface area contributed by atoms with Crippen LogP contribution in [0.1, 0.15) is 18.1 Å². The van der Waals surface area contributed by atoms with Crippen molar-refractivity contribution in [1.82, 2.24) is 9.97 Å². The summed E-state index contributed by atoms with van der Waals surface area (Å²) in [5.74, 6) is 0.882. The minimum absolute atomic E-state index is 0.145. The molecule has 0 amide bonds. The fourth-order valence-electron chi connectivity index (χ4n) is 8.50. The SMILES string of the molecule is CC12C(=CC3=C4C(=CC=CC41)c1ccccc1N3c1nc(-c3cccc(-c4ccccc4)c3)c3c(n1)sc1ccccc13)Sc1ccccc12. The average Bonchev–Trinajstić information content (AvgIpc) is 3.70. The molecule has 2 aliphatic heterocycles. The Kier molecular flexibility index (Phi) is 5.96. The molecule has 4 aliphatic rings. The summed E-state index contributed by atoms with van der Waals surface area (Å²) in [6.45, 7) is 2.43. The highest BCUT2D eigenvalue weighted by Crippen LogP contribution is 2.64. The molecule has 2 atom stereocenters. The van der Waals surface area contributed by atoms with Crippen LogP contribution in [-0.4, -0.2) is 9.97 Å². The molecule has 0 bridgehead atoms. The Labute approximate surface area is 298 Å². The van der Waals surface area contributed by atoms with Gasteiger partial charge in [0.05, 0.1) is 17.1 Å². The molecule has 2 aliphatic carbocycles. The van der Waals surface area contributed by atoms with Crippen LogP contribution in [0.3, 0.4) is 0 Å². The predicted molar refractivity (Wildman–Crippen MR) is 210 cm³/mol. The molecule has 7 aromatic rings. The lowest BCUT2D eigenvalue weighted by Gasteiger charge is -2.46. The molecule has 5 heteroatoms. The molecule has 0 spiro atoms. The number of benzene rings is 5. The second-order valence-electron chi connectivity index (χ2n) is 13.5. The van der Waals surface area contributed by atoms with Crippen molar-refractivity contribution in [2.24, 2.45) is 5.92 Å². The summed E-state index contributed by atoms with van der Waals surface area (Å²) in [7, 11) is 0. The summed E-state index contributed by atoms with van der Waals surface area (Å²) in [5, 5.41) is 2.30. The first-order valence-corrected chi connectivity index (χ1v) is 18.7. The summed E-state index contributed by atoms with van der Waals surface area (Å²) in [4.78, 5) is 17.1. The molecule has 0 fully saturated rings. The van der Waals surface area contributed by atoms with Crippen LogP contribution in [0.5, 0.6) is 0 Å². The normalized spacial score (nSPS) is 19.9. The van der Waals surface area contributed by atoms with Gasteiger partial charge in [-0.2, -0.15) is 0 Å². The predicted octanol–water partition coefficient (Wildman–Crippen LogP) is 12.1. The first-order chi connectivity index (χ1) is 24.7. The third-order valence-corrected chi connectivity index (χ3v) is 13.3. The Hall–Kier alpha value is -5.49. The van der Waals surface area contributed by atoms with Crippen LogP contribution in [0.15, 0.2) is 173 Å². The lowest BCUT2D eigenvalue weighted by Crippen LogP contribution is -2.39. The second-order valence-corrected chi connectivity index (χ2v) is 15.6. The zero-order valence-corrected chi connectivity index (χ0v) is 28.8. The number of nitrogens with zero attached hydrogens (tertiary/aromatic N) is 3. The Morgan fingerprint density at radius 2 is 1.52 bits per heavy atom. The minimum atomic E-state index is -0.145. The van der Waals surface area contributed by atoms with Crippen LogP contribution in [0.25, 0.3) is 48.3 Å². The van der Waals surface area contributed by atoms with Crippen molar-refractivity contribution in [2.45, 2.75) is 17.2 Å². The number of rotatable bonds is 3. The van der Waals surface area contributed by atoms with Crippen LogP contribution < -0.4 is 4.90 Å². The molecule has 0 saturated heterocycles. The Morgan fingerprint density at radius 3 is 2.46 bits per heavy atom. The number of fused-ring (bicyclic) bond motifs is 9. The molecule has 11 rings (SSSR count). The number of hydrogen-bond acceptors (Lipinski definition) is 5. The van der Waals surface area contributed by atoms with Gasteiger partial charge in [0.2, 0.25) is 5.95 Å². The molecule has 5 aromatic carbocycles. The smallest absolute Gasteiger partial charge is 0.236 e. The molecule has 3 nitrogen and oxygen atoms in total. The van der Waals surface area contributed by atoms with E-state index in [1.165, 1.54) is 59.0 Å². The van der Waals surface area contributed by atoms with Crippen molar-refractivity contribution in [3.05, 3.63) is 179 Å². The van der Waals surface area contributed by atoms with Gasteiger partial charge < -0.3 is 0 Å². The molecule has 4 heterocycles. The maximum absolute atomic E-state index is 5.59. The fourth-order valence-corrected chi connectivity index (χ4v) is 11.0. The first kappa shape index (κ1) is 28.4. The van der Waals surface area contributed by atoms with E-state index in [0.717, 1.165) is 27.2 Å². The van der Waals surface area contributed by atoms with E-state index in [1.807, 2.05) is 11.8 Å². The van der Waals surface area contributed by atoms with Gasteiger partial charge in [0, 0.05) is 47.7 Å². The molecule has 0 N–H and O–H groups in total. The van der Waals surface area contributed by atoms with Crippen molar-refractivity contribution < 1.29 is 0 Å². The van der Waals surface area contributed by atoms with E-state index in [9.17, 15) is 0 Å². The molecular formula is C45H29N3S2. The van der Waals surface area contributed by atoms with Crippen molar-refractivity contribution in [1.29, 1.82) is 0 Å². The second kappa shape index (κ2) is 10.5. The first-order valence-electron chi connectivity index (χ1n) is 17.0. The summed E-state index contributed by atoms with van der Waals surface area (Å²) in [6.07, 6.45) is 9.42. The van der Waals surface area contributed by atoms with E-state index in [2.05, 4.69) is 164 Å². The van der Waals surface area contributed by atoms with Crippen molar-refractivity contribution >= 4 is 60.6 Å². The lowest BCUT2D eigenvalue weighted by molar-refractivity contribution is 0.471. The Bertz CT molecular complexity index is 2710. The number of allylic oxidation sites excluding steroid dienone is 7. The van der Waals surface area contributed by atoms with E-state index in [0.29, 0.717) is 5.95 Å². The average molecular weight is 676 g/mol. The van der Waals surface area contributed by atoms with Gasteiger partial charge in [0.15, 0.2) is 0 Å². The highest BCUT2D eigenvalue weighted by Gasteiger charge is 2.52. The Balaban J connectivity index is 1.19. The van der Waals surface area contributed by atoms with E-state index < -0.39 is 0 Å². The number of aromatic nitrogens is 2. The maximum atomic E-state index is 5.59. The zero-order valence-electron chi connectivity index (χ0n) is 27.2. The standard InChI is InChI=1S/C45H29N3S2/c1-45-33-20-7-10-24-38(33)49-39(45)26-36-40-31(19-12-21-34(40)45)30-17-5-8-22-35(30)48(36)44-46-42(41-32-18-6-9-23-37(32)50-43(41)47-44)29-16-11-15-28(25-29)27-13-3-2-4-14-27/h2-26,34H,1H3. The largest absolute Gasteiger partial charge is 0.278 e. The highest BCUT2D eigenvalue weighted by molar-refractivity contribution is 8.03. The van der Waals surface area contributed by atoms with Gasteiger partial charge in [-0.3, -0.25) is 4.90 Å². The van der Waals surface area contributed by atoms with Gasteiger partial charge >= 0.3 is 0 Å². The van der Waals surface area contributed by atoms with Crippen LogP contribution in [0, 0.1) is 5.92 Å². The van der Waals surface area contributed by atoms with Gasteiger partial charge in [0.1, 0.15) is 4.83 Å². The quantitative estimate of drug-likeness (QED) is 0.186. The van der Waals surface area contributed by atoms with Gasteiger partial charge in [-0.25, -0.2) is 9.97 Å². The van der Waals surface area contributed by atoms with E-state index in [1.54, 1.807) is 11.3 Å². The minimum Gasteiger partial charge on any atom is -0.278 e. The Morgan fingerprint density at radius 1 is 0.740 bits per heavy atom. The van der Waals surface area contributed by atoms with E-state index in [-0.39, 0.29) is 11.3 Å². The van der Waals surface area contributed by atoms with E-state index in [4.69, 9.17) is 9.97 Å². The summed E-state index contributed by atoms with van der Waals surface area (Å²) in [5.41, 5.74) is 11.8. The number of thiophene rings is 1. The maximum Gasteiger partial charge on any atom is 0.236 e. The monoisotopic (exact) mass is 675 g/mol. The third kappa shape index (κ3) is 3.87. The molecule has 0 saturated carbocycles. The molecule has 50 heavy (non-hydrogen) atoms. The van der Waals surface area contributed by atoms with E-state index >= 15 is 0 Å².